The largest absolute Gasteiger partial charge is 0.507 e. The minimum Gasteiger partial charge on any atom is -0.507 e. The number of benzene rings is 2. The summed E-state index contributed by atoms with van der Waals surface area (Å²) in [7, 11) is -1.66. The number of carboxylic acid groups (broad SMARTS) is 1. The van der Waals surface area contributed by atoms with Crippen molar-refractivity contribution in [2.24, 2.45) is 0 Å². The number of carboxylic acids is 1. The van der Waals surface area contributed by atoms with E-state index in [1.807, 2.05) is 6.07 Å². The SMILES string of the molecule is C[Si](C)(C)c1ccc(O)c(C(=O)CC(=O)c2ccc(C(=O)O)cc2)c1. The van der Waals surface area contributed by atoms with Crippen molar-refractivity contribution in [2.45, 2.75) is 26.1 Å². The molecule has 2 N–H and O–H groups in total. The molecule has 0 saturated heterocycles. The Morgan fingerprint density at radius 1 is 0.880 bits per heavy atom. The van der Waals surface area contributed by atoms with Crippen LogP contribution >= 0.6 is 0 Å². The van der Waals surface area contributed by atoms with Gasteiger partial charge in [0.05, 0.1) is 25.6 Å². The van der Waals surface area contributed by atoms with E-state index in [0.717, 1.165) is 5.19 Å². The summed E-state index contributed by atoms with van der Waals surface area (Å²) in [6.07, 6.45) is -0.380. The first kappa shape index (κ1) is 18.6. The zero-order chi connectivity index (χ0) is 18.8. The van der Waals surface area contributed by atoms with Crippen LogP contribution in [0.3, 0.4) is 0 Å². The maximum Gasteiger partial charge on any atom is 0.335 e. The Bertz CT molecular complexity index is 832. The maximum absolute atomic E-state index is 12.4. The number of hydrogen-bond acceptors (Lipinski definition) is 4. The van der Waals surface area contributed by atoms with E-state index in [-0.39, 0.29) is 28.9 Å². The van der Waals surface area contributed by atoms with Crippen molar-refractivity contribution in [2.75, 3.05) is 0 Å². The van der Waals surface area contributed by atoms with Crippen molar-refractivity contribution < 1.29 is 24.6 Å². The molecule has 0 unspecified atom stereocenters. The highest BCUT2D eigenvalue weighted by atomic mass is 28.3. The number of phenolic OH excluding ortho intramolecular Hbond substituents is 1. The van der Waals surface area contributed by atoms with Crippen LogP contribution in [0.2, 0.25) is 19.6 Å². The Labute approximate surface area is 146 Å². The van der Waals surface area contributed by atoms with Gasteiger partial charge in [0.2, 0.25) is 0 Å². The molecule has 0 spiro atoms. The van der Waals surface area contributed by atoms with Crippen LogP contribution in [0.5, 0.6) is 5.75 Å². The highest BCUT2D eigenvalue weighted by Gasteiger charge is 2.22. The molecule has 2 aromatic rings. The Balaban J connectivity index is 2.21. The van der Waals surface area contributed by atoms with Gasteiger partial charge < -0.3 is 10.2 Å². The number of phenols is 1. The average molecular weight is 356 g/mol. The summed E-state index contributed by atoms with van der Waals surface area (Å²) in [6.45, 7) is 6.38. The summed E-state index contributed by atoms with van der Waals surface area (Å²) in [6, 6.07) is 10.4. The lowest BCUT2D eigenvalue weighted by atomic mass is 10.00. The van der Waals surface area contributed by atoms with E-state index in [1.165, 1.54) is 30.3 Å². The summed E-state index contributed by atoms with van der Waals surface area (Å²) in [5.74, 6) is -2.09. The van der Waals surface area contributed by atoms with Crippen molar-refractivity contribution in [1.82, 2.24) is 0 Å². The summed E-state index contributed by atoms with van der Waals surface area (Å²) in [5.41, 5.74) is 0.484. The standard InChI is InChI=1S/C19H20O5Si/c1-25(2,3)14-8-9-16(20)15(10-14)18(22)11-17(21)12-4-6-13(7-5-12)19(23)24/h4-10,20H,11H2,1-3H3,(H,23,24). The second-order valence-corrected chi connectivity index (χ2v) is 12.0. The summed E-state index contributed by atoms with van der Waals surface area (Å²) in [4.78, 5) is 35.5. The van der Waals surface area contributed by atoms with Crippen molar-refractivity contribution in [3.05, 3.63) is 59.2 Å². The molecule has 2 aromatic carbocycles. The van der Waals surface area contributed by atoms with Gasteiger partial charge in [-0.1, -0.05) is 43.0 Å². The first-order valence-electron chi connectivity index (χ1n) is 7.83. The molecule has 0 atom stereocenters. The lowest BCUT2D eigenvalue weighted by Crippen LogP contribution is -2.37. The number of hydrogen-bond donors (Lipinski definition) is 2. The molecule has 130 valence electrons. The van der Waals surface area contributed by atoms with Gasteiger partial charge in [-0.15, -0.1) is 0 Å². The van der Waals surface area contributed by atoms with Gasteiger partial charge in [0.25, 0.3) is 0 Å². The van der Waals surface area contributed by atoms with Crippen LogP contribution in [0.1, 0.15) is 37.5 Å². The number of carbonyl (C=O) groups excluding carboxylic acids is 2. The predicted octanol–water partition coefficient (Wildman–Crippen LogP) is 3.09. The van der Waals surface area contributed by atoms with Gasteiger partial charge in [0.15, 0.2) is 11.6 Å². The van der Waals surface area contributed by atoms with Crippen LogP contribution in [0.15, 0.2) is 42.5 Å². The first-order chi connectivity index (χ1) is 11.6. The second kappa shape index (κ2) is 7.02. The van der Waals surface area contributed by atoms with E-state index in [9.17, 15) is 19.5 Å². The third kappa shape index (κ3) is 4.42. The summed E-state index contributed by atoms with van der Waals surface area (Å²) < 4.78 is 0. The van der Waals surface area contributed by atoms with Crippen LogP contribution in [0.25, 0.3) is 0 Å². The molecule has 0 amide bonds. The number of carbonyl (C=O) groups is 3. The highest BCUT2D eigenvalue weighted by molar-refractivity contribution is 6.88. The Kier molecular flexibility index (Phi) is 5.23. The quantitative estimate of drug-likeness (QED) is 0.471. The molecule has 0 heterocycles. The molecular weight excluding hydrogens is 336 g/mol. The molecule has 0 aromatic heterocycles. The van der Waals surface area contributed by atoms with E-state index in [2.05, 4.69) is 19.6 Å². The van der Waals surface area contributed by atoms with E-state index in [0.29, 0.717) is 0 Å². The fourth-order valence-electron chi connectivity index (χ4n) is 2.37. The molecule has 25 heavy (non-hydrogen) atoms. The second-order valence-electron chi connectivity index (χ2n) is 6.89. The van der Waals surface area contributed by atoms with E-state index in [1.54, 1.807) is 6.07 Å². The molecule has 0 aliphatic rings. The molecule has 0 radical (unpaired) electrons. The third-order valence-corrected chi connectivity index (χ3v) is 5.98. The summed E-state index contributed by atoms with van der Waals surface area (Å²) in [5, 5.41) is 19.9. The van der Waals surface area contributed by atoms with Gasteiger partial charge in [-0.25, -0.2) is 4.79 Å². The molecule has 0 aliphatic carbocycles. The maximum atomic E-state index is 12.4. The minimum atomic E-state index is -1.66. The highest BCUT2D eigenvalue weighted by Crippen LogP contribution is 2.20. The zero-order valence-electron chi connectivity index (χ0n) is 14.4. The summed E-state index contributed by atoms with van der Waals surface area (Å²) >= 11 is 0. The van der Waals surface area contributed by atoms with E-state index in [4.69, 9.17) is 5.11 Å². The topological polar surface area (TPSA) is 91.7 Å². The fourth-order valence-corrected chi connectivity index (χ4v) is 3.53. The van der Waals surface area contributed by atoms with Crippen molar-refractivity contribution in [3.8, 4) is 5.75 Å². The number of rotatable bonds is 6. The van der Waals surface area contributed by atoms with Crippen molar-refractivity contribution >= 4 is 30.8 Å². The van der Waals surface area contributed by atoms with Crippen LogP contribution in [-0.2, 0) is 0 Å². The molecule has 5 nitrogen and oxygen atoms in total. The molecule has 0 fully saturated rings. The van der Waals surface area contributed by atoms with Gasteiger partial charge in [-0.3, -0.25) is 9.59 Å². The zero-order valence-corrected chi connectivity index (χ0v) is 15.4. The fraction of sp³-hybridized carbons (Fsp3) is 0.211. The van der Waals surface area contributed by atoms with Crippen LogP contribution in [0.4, 0.5) is 0 Å². The van der Waals surface area contributed by atoms with Gasteiger partial charge in [-0.05, 0) is 24.3 Å². The molecular formula is C19H20O5Si. The van der Waals surface area contributed by atoms with Crippen LogP contribution < -0.4 is 5.19 Å². The Hall–Kier alpha value is -2.73. The Morgan fingerprint density at radius 3 is 1.96 bits per heavy atom. The molecule has 2 rings (SSSR count). The van der Waals surface area contributed by atoms with E-state index >= 15 is 0 Å². The van der Waals surface area contributed by atoms with Crippen molar-refractivity contribution in [3.63, 3.8) is 0 Å². The number of aromatic carboxylic acids is 1. The van der Waals surface area contributed by atoms with Crippen LogP contribution in [0, 0.1) is 0 Å². The molecule has 0 bridgehead atoms. The Morgan fingerprint density at radius 2 is 1.44 bits per heavy atom. The lowest BCUT2D eigenvalue weighted by molar-refractivity contribution is 0.0695. The molecule has 6 heteroatoms. The molecule has 0 aliphatic heterocycles. The van der Waals surface area contributed by atoms with Gasteiger partial charge >= 0.3 is 5.97 Å². The monoisotopic (exact) mass is 356 g/mol. The van der Waals surface area contributed by atoms with Crippen LogP contribution in [-0.4, -0.2) is 35.8 Å². The molecule has 0 saturated carbocycles. The minimum absolute atomic E-state index is 0.0726. The van der Waals surface area contributed by atoms with Gasteiger partial charge in [0, 0.05) is 5.56 Å². The third-order valence-electron chi connectivity index (χ3n) is 3.94. The number of Topliss-reactive ketones (excluding diaryl/α,β-unsaturated/α-hetero) is 2. The number of aromatic hydroxyl groups is 1. The number of ketones is 2. The predicted molar refractivity (Wildman–Crippen MR) is 97.8 cm³/mol. The van der Waals surface area contributed by atoms with Crippen molar-refractivity contribution in [1.29, 1.82) is 0 Å². The normalized spacial score (nSPS) is 11.2. The first-order valence-corrected chi connectivity index (χ1v) is 11.3. The lowest BCUT2D eigenvalue weighted by Gasteiger charge is -2.17. The van der Waals surface area contributed by atoms with Gasteiger partial charge in [0.1, 0.15) is 5.75 Å². The van der Waals surface area contributed by atoms with E-state index < -0.39 is 25.6 Å². The van der Waals surface area contributed by atoms with Gasteiger partial charge in [-0.2, -0.15) is 0 Å². The average Bonchev–Trinajstić information content (AvgIpc) is 2.54. The smallest absolute Gasteiger partial charge is 0.335 e.